The van der Waals surface area contributed by atoms with Gasteiger partial charge in [-0.2, -0.15) is 0 Å². The van der Waals surface area contributed by atoms with Gasteiger partial charge in [-0.15, -0.1) is 0 Å². The van der Waals surface area contributed by atoms with Gasteiger partial charge in [0.2, 0.25) is 0 Å². The van der Waals surface area contributed by atoms with E-state index in [9.17, 15) is 21.6 Å². The van der Waals surface area contributed by atoms with Crippen LogP contribution in [0.4, 0.5) is 4.79 Å². The minimum absolute atomic E-state index is 0.191. The molecule has 9 nitrogen and oxygen atoms in total. The monoisotopic (exact) mass is 366 g/mol. The van der Waals surface area contributed by atoms with Crippen molar-refractivity contribution < 1.29 is 31.2 Å². The lowest BCUT2D eigenvalue weighted by Gasteiger charge is -2.16. The normalized spacial score (nSPS) is 12.0. The maximum Gasteiger partial charge on any atom is 0.429 e. The molecule has 0 unspecified atom stereocenters. The second-order valence-corrected chi connectivity index (χ2v) is 8.19. The van der Waals surface area contributed by atoms with E-state index in [0.717, 1.165) is 23.3 Å². The summed E-state index contributed by atoms with van der Waals surface area (Å²) in [7, 11) is -5.29. The van der Waals surface area contributed by atoms with Crippen LogP contribution in [-0.2, 0) is 29.4 Å². The van der Waals surface area contributed by atoms with Gasteiger partial charge in [0.25, 0.3) is 10.0 Å². The largest absolute Gasteiger partial charge is 0.429 e. The number of benzene rings is 1. The van der Waals surface area contributed by atoms with E-state index in [-0.39, 0.29) is 13.2 Å². The summed E-state index contributed by atoms with van der Waals surface area (Å²) in [5.41, 5.74) is 0. The summed E-state index contributed by atoms with van der Waals surface area (Å²) in [5, 5.41) is 0. The van der Waals surface area contributed by atoms with Gasteiger partial charge in [-0.3, -0.25) is 0 Å². The van der Waals surface area contributed by atoms with E-state index in [0.29, 0.717) is 0 Å². The quantitative estimate of drug-likeness (QED) is 0.675. The Balaban J connectivity index is 2.92. The number of hydrogen-bond acceptors (Lipinski definition) is 7. The van der Waals surface area contributed by atoms with Crippen molar-refractivity contribution in [2.75, 3.05) is 33.6 Å². The molecule has 0 heterocycles. The van der Waals surface area contributed by atoms with Crippen LogP contribution in [0.5, 0.6) is 0 Å². The molecule has 0 spiro atoms. The van der Waals surface area contributed by atoms with E-state index < -0.39 is 35.7 Å². The number of sulfonamides is 1. The molecule has 0 atom stereocenters. The zero-order chi connectivity index (χ0) is 17.7. The fourth-order valence-corrected chi connectivity index (χ4v) is 3.92. The van der Waals surface area contributed by atoms with Crippen LogP contribution in [0.1, 0.15) is 0 Å². The second-order valence-electron chi connectivity index (χ2n) is 4.59. The number of carbonyl (C=O) groups excluding carboxylic acids is 1. The van der Waals surface area contributed by atoms with Crippen LogP contribution in [0, 0.1) is 0 Å². The first-order valence-electron chi connectivity index (χ1n) is 6.31. The standard InChI is InChI=1S/C12H18N2O7S2/c1-14(8-9-20-2)12(15)21-13-23(18,19)11-7-5-4-6-10(11)22(3,16)17/h4-7,13H,8-9H2,1-3H3. The number of nitrogens with zero attached hydrogens (tertiary/aromatic N) is 1. The molecule has 0 radical (unpaired) electrons. The minimum atomic E-state index is -4.35. The minimum Gasteiger partial charge on any atom is -0.383 e. The molecule has 1 aromatic rings. The molecule has 0 aromatic heterocycles. The Bertz CT molecular complexity index is 759. The summed E-state index contributed by atoms with van der Waals surface area (Å²) >= 11 is 0. The topological polar surface area (TPSA) is 119 Å². The number of methoxy groups -OCH3 is 1. The van der Waals surface area contributed by atoms with Crippen molar-refractivity contribution in [1.29, 1.82) is 0 Å². The number of ether oxygens (including phenoxy) is 1. The van der Waals surface area contributed by atoms with Crippen molar-refractivity contribution in [3.8, 4) is 0 Å². The van der Waals surface area contributed by atoms with E-state index in [1.807, 2.05) is 0 Å². The summed E-state index contributed by atoms with van der Waals surface area (Å²) in [6, 6.07) is 4.99. The van der Waals surface area contributed by atoms with Crippen LogP contribution in [0.15, 0.2) is 34.1 Å². The molecule has 1 N–H and O–H groups in total. The van der Waals surface area contributed by atoms with Crippen LogP contribution in [0.2, 0.25) is 0 Å². The van der Waals surface area contributed by atoms with Crippen molar-refractivity contribution in [3.63, 3.8) is 0 Å². The maximum absolute atomic E-state index is 12.1. The Morgan fingerprint density at radius 3 is 2.26 bits per heavy atom. The number of sulfone groups is 1. The Morgan fingerprint density at radius 1 is 1.17 bits per heavy atom. The molecule has 0 aliphatic heterocycles. The average Bonchev–Trinajstić information content (AvgIpc) is 2.49. The number of amides is 1. The highest BCUT2D eigenvalue weighted by Gasteiger charge is 2.25. The molecule has 0 fully saturated rings. The third-order valence-corrected chi connectivity index (χ3v) is 5.24. The van der Waals surface area contributed by atoms with E-state index in [1.165, 1.54) is 26.3 Å². The van der Waals surface area contributed by atoms with Gasteiger partial charge in [-0.25, -0.2) is 21.6 Å². The van der Waals surface area contributed by atoms with Crippen LogP contribution in [0.25, 0.3) is 0 Å². The van der Waals surface area contributed by atoms with Gasteiger partial charge < -0.3 is 14.5 Å². The third kappa shape index (κ3) is 5.46. The van der Waals surface area contributed by atoms with Gasteiger partial charge in [-0.05, 0) is 17.0 Å². The first-order chi connectivity index (χ1) is 10.6. The third-order valence-electron chi connectivity index (χ3n) is 2.72. The zero-order valence-electron chi connectivity index (χ0n) is 12.8. The molecule has 0 saturated heterocycles. The number of likely N-dealkylation sites (N-methyl/N-ethyl adjacent to an activating group) is 1. The number of rotatable bonds is 7. The van der Waals surface area contributed by atoms with Gasteiger partial charge in [0.1, 0.15) is 4.90 Å². The average molecular weight is 366 g/mol. The lowest BCUT2D eigenvalue weighted by Crippen LogP contribution is -2.36. The second kappa shape index (κ2) is 7.73. The Hall–Kier alpha value is -1.69. The van der Waals surface area contributed by atoms with E-state index in [4.69, 9.17) is 4.74 Å². The molecule has 1 amide bonds. The van der Waals surface area contributed by atoms with Gasteiger partial charge >= 0.3 is 6.09 Å². The molecule has 0 aliphatic carbocycles. The summed E-state index contributed by atoms with van der Waals surface area (Å²) in [6.07, 6.45) is -0.0752. The summed E-state index contributed by atoms with van der Waals surface area (Å²) in [5.74, 6) is 0. The smallest absolute Gasteiger partial charge is 0.383 e. The van der Waals surface area contributed by atoms with Crippen LogP contribution in [-0.4, -0.2) is 61.4 Å². The molecule has 23 heavy (non-hydrogen) atoms. The highest BCUT2D eigenvalue weighted by atomic mass is 32.2. The SMILES string of the molecule is COCCN(C)C(=O)ONS(=O)(=O)c1ccccc1S(C)(=O)=O. The first-order valence-corrected chi connectivity index (χ1v) is 9.69. The van der Waals surface area contributed by atoms with Crippen LogP contribution in [0.3, 0.4) is 0 Å². The molecular formula is C12H18N2O7S2. The predicted molar refractivity (Wildman–Crippen MR) is 80.9 cm³/mol. The van der Waals surface area contributed by atoms with E-state index in [2.05, 4.69) is 4.84 Å². The van der Waals surface area contributed by atoms with Crippen molar-refractivity contribution in [3.05, 3.63) is 24.3 Å². The zero-order valence-corrected chi connectivity index (χ0v) is 14.5. The van der Waals surface area contributed by atoms with Gasteiger partial charge in [0.05, 0.1) is 11.5 Å². The van der Waals surface area contributed by atoms with E-state index >= 15 is 0 Å². The maximum atomic E-state index is 12.1. The number of nitrogens with one attached hydrogen (secondary N) is 1. The van der Waals surface area contributed by atoms with Gasteiger partial charge in [0, 0.05) is 27.0 Å². The molecular weight excluding hydrogens is 348 g/mol. The Labute approximate surface area is 135 Å². The molecule has 11 heteroatoms. The molecule has 0 bridgehead atoms. The van der Waals surface area contributed by atoms with Crippen molar-refractivity contribution in [2.24, 2.45) is 0 Å². The summed E-state index contributed by atoms with van der Waals surface area (Å²) < 4.78 is 52.4. The van der Waals surface area contributed by atoms with Gasteiger partial charge in [0.15, 0.2) is 9.84 Å². The van der Waals surface area contributed by atoms with Crippen molar-refractivity contribution in [2.45, 2.75) is 9.79 Å². The molecule has 1 rings (SSSR count). The van der Waals surface area contributed by atoms with E-state index in [1.54, 1.807) is 4.89 Å². The lowest BCUT2D eigenvalue weighted by molar-refractivity contribution is 0.0807. The lowest BCUT2D eigenvalue weighted by atomic mass is 10.4. The molecule has 130 valence electrons. The van der Waals surface area contributed by atoms with Crippen molar-refractivity contribution >= 4 is 26.0 Å². The highest BCUT2D eigenvalue weighted by molar-refractivity contribution is 7.93. The molecule has 1 aromatic carbocycles. The first kappa shape index (κ1) is 19.4. The van der Waals surface area contributed by atoms with Crippen LogP contribution >= 0.6 is 0 Å². The Kier molecular flexibility index (Phi) is 6.50. The number of hydrogen-bond donors (Lipinski definition) is 1. The summed E-state index contributed by atoms with van der Waals surface area (Å²) in [6.45, 7) is 0.437. The fourth-order valence-electron chi connectivity index (χ4n) is 1.51. The Morgan fingerprint density at radius 2 is 1.74 bits per heavy atom. The summed E-state index contributed by atoms with van der Waals surface area (Å²) in [4.78, 5) is 17.9. The number of carbonyl (C=O) groups is 1. The van der Waals surface area contributed by atoms with Gasteiger partial charge in [-0.1, -0.05) is 12.1 Å². The fraction of sp³-hybridized carbons (Fsp3) is 0.417. The molecule has 0 aliphatic rings. The van der Waals surface area contributed by atoms with Crippen LogP contribution < -0.4 is 4.89 Å². The predicted octanol–water partition coefficient (Wildman–Crippen LogP) is -0.00180. The molecule has 0 saturated carbocycles. The highest BCUT2D eigenvalue weighted by Crippen LogP contribution is 2.20. The van der Waals surface area contributed by atoms with Crippen molar-refractivity contribution in [1.82, 2.24) is 9.79 Å².